The molecule has 1 N–H and O–H groups in total. The Balaban J connectivity index is 0.00000109. The molecule has 4 rings (SSSR count). The fourth-order valence-electron chi connectivity index (χ4n) is 3.08. The molecular weight excluding hydrogens is 406 g/mol. The van der Waals surface area contributed by atoms with Crippen molar-refractivity contribution in [1.29, 1.82) is 0 Å². The van der Waals surface area contributed by atoms with Gasteiger partial charge in [-0.2, -0.15) is 0 Å². The van der Waals surface area contributed by atoms with E-state index in [1.54, 1.807) is 23.1 Å². The van der Waals surface area contributed by atoms with Gasteiger partial charge in [0.25, 0.3) is 0 Å². The second kappa shape index (κ2) is 9.29. The quantitative estimate of drug-likeness (QED) is 0.431. The lowest BCUT2D eigenvalue weighted by Crippen LogP contribution is -2.20. The molecule has 0 aliphatic heterocycles. The number of halogens is 1. The number of hydrogen-bond donors (Lipinski definition) is 1. The van der Waals surface area contributed by atoms with E-state index in [1.165, 1.54) is 21.9 Å². The summed E-state index contributed by atoms with van der Waals surface area (Å²) < 4.78 is 0. The Kier molecular flexibility index (Phi) is 7.02. The average Bonchev–Trinajstić information content (AvgIpc) is 3.03. The van der Waals surface area contributed by atoms with E-state index in [0.29, 0.717) is 10.6 Å². The van der Waals surface area contributed by atoms with Gasteiger partial charge in [0.2, 0.25) is 0 Å². The number of aromatic nitrogens is 2. The highest BCUT2D eigenvalue weighted by Crippen LogP contribution is 2.39. The molecule has 0 radical (unpaired) electrons. The molecule has 0 saturated heterocycles. The van der Waals surface area contributed by atoms with Crippen LogP contribution in [0.25, 0.3) is 0 Å². The van der Waals surface area contributed by atoms with Crippen LogP contribution in [0.15, 0.2) is 52.3 Å². The minimum atomic E-state index is 0.366. The van der Waals surface area contributed by atoms with E-state index < -0.39 is 0 Å². The second-order valence-corrected chi connectivity index (χ2v) is 9.90. The Morgan fingerprint density at radius 3 is 2.57 bits per heavy atom. The van der Waals surface area contributed by atoms with E-state index in [-0.39, 0.29) is 0 Å². The van der Waals surface area contributed by atoms with E-state index in [4.69, 9.17) is 16.6 Å². The Hall–Kier alpha value is -1.56. The van der Waals surface area contributed by atoms with Gasteiger partial charge in [-0.3, -0.25) is 0 Å². The zero-order chi connectivity index (χ0) is 20.1. The van der Waals surface area contributed by atoms with Crippen LogP contribution < -0.4 is 5.32 Å². The third-order valence-corrected chi connectivity index (χ3v) is 6.62. The number of thiazole rings is 1. The number of anilines is 2. The largest absolute Gasteiger partial charge is 0.316 e. The highest BCUT2D eigenvalue weighted by molar-refractivity contribution is 7.99. The maximum Gasteiger partial charge on any atom is 0.188 e. The second-order valence-electron chi connectivity index (χ2n) is 7.28. The maximum atomic E-state index is 6.24. The van der Waals surface area contributed by atoms with Crippen LogP contribution in [0.2, 0.25) is 5.15 Å². The number of hydrogen-bond acceptors (Lipinski definition) is 5. The summed E-state index contributed by atoms with van der Waals surface area (Å²) in [6.45, 7) is 8.66. The smallest absolute Gasteiger partial charge is 0.188 e. The minimum absolute atomic E-state index is 0.366. The number of aryl methyl sites for hydroxylation is 1. The van der Waals surface area contributed by atoms with Gasteiger partial charge >= 0.3 is 0 Å². The van der Waals surface area contributed by atoms with E-state index in [0.717, 1.165) is 28.7 Å². The lowest BCUT2D eigenvalue weighted by Gasteiger charge is -2.28. The van der Waals surface area contributed by atoms with Crippen molar-refractivity contribution in [2.45, 2.75) is 56.7 Å². The molecule has 3 aromatic rings. The minimum Gasteiger partial charge on any atom is -0.316 e. The molecular formula is C22H26ClN3S2. The molecule has 0 bridgehead atoms. The molecule has 28 heavy (non-hydrogen) atoms. The van der Waals surface area contributed by atoms with Crippen molar-refractivity contribution in [3.8, 4) is 0 Å². The zero-order valence-corrected chi connectivity index (χ0v) is 19.1. The Bertz CT molecular complexity index is 923. The lowest BCUT2D eigenvalue weighted by molar-refractivity contribution is 0.316. The number of benzene rings is 1. The van der Waals surface area contributed by atoms with Crippen LogP contribution in [0, 0.1) is 5.41 Å². The highest BCUT2D eigenvalue weighted by atomic mass is 35.5. The van der Waals surface area contributed by atoms with Crippen LogP contribution in [0.1, 0.15) is 44.7 Å². The molecule has 0 saturated carbocycles. The summed E-state index contributed by atoms with van der Waals surface area (Å²) in [6.07, 6.45) is 3.34. The average molecular weight is 432 g/mol. The summed E-state index contributed by atoms with van der Waals surface area (Å²) in [6, 6.07) is 14.2. The molecule has 0 fully saturated rings. The summed E-state index contributed by atoms with van der Waals surface area (Å²) in [7, 11) is 0. The van der Waals surface area contributed by atoms with Gasteiger partial charge in [0.1, 0.15) is 11.0 Å². The van der Waals surface area contributed by atoms with Crippen LogP contribution in [0.4, 0.5) is 10.9 Å². The molecule has 1 aromatic carbocycles. The predicted molar refractivity (Wildman–Crippen MR) is 122 cm³/mol. The van der Waals surface area contributed by atoms with Crippen molar-refractivity contribution in [3.05, 3.63) is 58.2 Å². The number of fused-ring (bicyclic) bond motifs is 1. The van der Waals surface area contributed by atoms with Gasteiger partial charge in [0.15, 0.2) is 5.13 Å². The molecule has 3 nitrogen and oxygen atoms in total. The first-order valence-electron chi connectivity index (χ1n) is 9.63. The number of nitrogens with one attached hydrogen (secondary N) is 1. The van der Waals surface area contributed by atoms with Crippen LogP contribution in [0.5, 0.6) is 0 Å². The molecule has 6 heteroatoms. The molecule has 148 valence electrons. The molecule has 0 atom stereocenters. The number of nitrogens with zero attached hydrogens (tertiary/aromatic N) is 2. The molecule has 0 spiro atoms. The van der Waals surface area contributed by atoms with E-state index in [9.17, 15) is 0 Å². The zero-order valence-electron chi connectivity index (χ0n) is 16.8. The first kappa shape index (κ1) is 21.2. The van der Waals surface area contributed by atoms with Crippen molar-refractivity contribution in [1.82, 2.24) is 9.97 Å². The summed E-state index contributed by atoms with van der Waals surface area (Å²) in [5.41, 5.74) is 1.60. The highest BCUT2D eigenvalue weighted by Gasteiger charge is 2.28. The molecule has 2 heterocycles. The summed E-state index contributed by atoms with van der Waals surface area (Å²) in [5, 5.41) is 4.74. The summed E-state index contributed by atoms with van der Waals surface area (Å²) in [4.78, 5) is 12.8. The lowest BCUT2D eigenvalue weighted by atomic mass is 9.79. The Morgan fingerprint density at radius 2 is 1.82 bits per heavy atom. The maximum absolute atomic E-state index is 6.24. The first-order valence-corrected chi connectivity index (χ1v) is 11.6. The molecule has 0 unspecified atom stereocenters. The Labute approximate surface area is 181 Å². The van der Waals surface area contributed by atoms with Crippen LogP contribution in [0.3, 0.4) is 0 Å². The van der Waals surface area contributed by atoms with Gasteiger partial charge in [-0.05, 0) is 48.9 Å². The van der Waals surface area contributed by atoms with Gasteiger partial charge in [0, 0.05) is 14.7 Å². The Morgan fingerprint density at radius 1 is 1.07 bits per heavy atom. The summed E-state index contributed by atoms with van der Waals surface area (Å²) >= 11 is 9.65. The third kappa shape index (κ3) is 5.49. The van der Waals surface area contributed by atoms with Crippen molar-refractivity contribution in [2.24, 2.45) is 5.41 Å². The van der Waals surface area contributed by atoms with Crippen LogP contribution >= 0.6 is 34.7 Å². The fourth-order valence-corrected chi connectivity index (χ4v) is 5.53. The van der Waals surface area contributed by atoms with E-state index >= 15 is 0 Å². The van der Waals surface area contributed by atoms with E-state index in [2.05, 4.69) is 36.3 Å². The SMILES string of the molecule is CC.CC1(C)CCc2nc(Nc3cc(Sc4ccccc4)cc(Cl)n3)sc2C1. The molecule has 1 aliphatic carbocycles. The standard InChI is InChI=1S/C20H20ClN3S2.C2H6/c1-20(2)9-8-15-16(12-20)26-19(22-15)24-18-11-14(10-17(21)23-18)25-13-6-4-3-5-7-13;1-2/h3-7,10-11H,8-9,12H2,1-2H3,(H,22,23,24);1-2H3. The van der Waals surface area contributed by atoms with E-state index in [1.807, 2.05) is 44.2 Å². The predicted octanol–water partition coefficient (Wildman–Crippen LogP) is 7.63. The van der Waals surface area contributed by atoms with Crippen LogP contribution in [-0.4, -0.2) is 9.97 Å². The topological polar surface area (TPSA) is 37.8 Å². The summed E-state index contributed by atoms with van der Waals surface area (Å²) in [5.74, 6) is 0.737. The van der Waals surface area contributed by atoms with Gasteiger partial charge in [0.05, 0.1) is 5.69 Å². The van der Waals surface area contributed by atoms with Gasteiger partial charge in [-0.25, -0.2) is 9.97 Å². The molecule has 2 aromatic heterocycles. The third-order valence-electron chi connectivity index (χ3n) is 4.44. The normalized spacial score (nSPS) is 14.6. The first-order chi connectivity index (χ1) is 13.5. The van der Waals surface area contributed by atoms with Gasteiger partial charge < -0.3 is 5.32 Å². The van der Waals surface area contributed by atoms with Gasteiger partial charge in [-0.15, -0.1) is 11.3 Å². The van der Waals surface area contributed by atoms with Crippen molar-refractivity contribution >= 4 is 45.6 Å². The van der Waals surface area contributed by atoms with Crippen LogP contribution in [-0.2, 0) is 12.8 Å². The van der Waals surface area contributed by atoms with Crippen molar-refractivity contribution < 1.29 is 0 Å². The molecule has 1 aliphatic rings. The number of pyridine rings is 1. The number of rotatable bonds is 4. The monoisotopic (exact) mass is 431 g/mol. The fraction of sp³-hybridized carbons (Fsp3) is 0.364. The van der Waals surface area contributed by atoms with Crippen molar-refractivity contribution in [2.75, 3.05) is 5.32 Å². The molecule has 0 amide bonds. The van der Waals surface area contributed by atoms with Gasteiger partial charge in [-0.1, -0.05) is 69.3 Å². The van der Waals surface area contributed by atoms with Crippen molar-refractivity contribution in [3.63, 3.8) is 0 Å².